The van der Waals surface area contributed by atoms with E-state index in [2.05, 4.69) is 11.4 Å². The van der Waals surface area contributed by atoms with Crippen molar-refractivity contribution in [1.29, 1.82) is 5.26 Å². The van der Waals surface area contributed by atoms with Crippen LogP contribution < -0.4 is 10.1 Å². The van der Waals surface area contributed by atoms with Gasteiger partial charge in [-0.1, -0.05) is 33.1 Å². The van der Waals surface area contributed by atoms with Crippen LogP contribution in [0.3, 0.4) is 0 Å². The third-order valence-electron chi connectivity index (χ3n) is 4.93. The predicted molar refractivity (Wildman–Crippen MR) is 102 cm³/mol. The zero-order chi connectivity index (χ0) is 19.0. The van der Waals surface area contributed by atoms with Crippen molar-refractivity contribution in [3.05, 3.63) is 23.8 Å². The number of rotatable bonds is 8. The number of carbonyl (C=O) groups is 1. The molecule has 0 spiro atoms. The van der Waals surface area contributed by atoms with E-state index in [1.165, 1.54) is 0 Å². The Balaban J connectivity index is 2.17. The fraction of sp³-hybridized carbons (Fsp3) is 0.619. The van der Waals surface area contributed by atoms with Crippen LogP contribution in [0.25, 0.3) is 0 Å². The lowest BCUT2D eigenvalue weighted by atomic mass is 9.83. The lowest BCUT2D eigenvalue weighted by molar-refractivity contribution is -0.146. The Bertz CT molecular complexity index is 645. The monoisotopic (exact) mass is 358 g/mol. The lowest BCUT2D eigenvalue weighted by Gasteiger charge is -2.35. The molecule has 0 bridgehead atoms. The maximum absolute atomic E-state index is 13.0. The molecule has 0 aromatic heterocycles. The molecule has 0 saturated heterocycles. The second-order valence-electron chi connectivity index (χ2n) is 7.01. The maximum atomic E-state index is 13.0. The van der Waals surface area contributed by atoms with Crippen molar-refractivity contribution in [1.82, 2.24) is 0 Å². The van der Waals surface area contributed by atoms with Crippen LogP contribution in [-0.2, 0) is 9.53 Å². The molecule has 1 aromatic rings. The number of carbonyl (C=O) groups excluding carboxylic acids is 1. The predicted octanol–water partition coefficient (Wildman–Crippen LogP) is 4.80. The SMILES string of the molecule is CCCOC1(C(=O)Nc2ccc(OC(C)CC)cc2C#N)CCCCC1. The number of benzene rings is 1. The summed E-state index contributed by atoms with van der Waals surface area (Å²) in [5.74, 6) is 0.501. The summed E-state index contributed by atoms with van der Waals surface area (Å²) in [6.07, 6.45) is 6.42. The number of hydrogen-bond donors (Lipinski definition) is 1. The van der Waals surface area contributed by atoms with Crippen molar-refractivity contribution in [3.63, 3.8) is 0 Å². The van der Waals surface area contributed by atoms with E-state index in [0.29, 0.717) is 23.6 Å². The van der Waals surface area contributed by atoms with Gasteiger partial charge in [-0.2, -0.15) is 5.26 Å². The largest absolute Gasteiger partial charge is 0.491 e. The Morgan fingerprint density at radius 3 is 2.65 bits per heavy atom. The van der Waals surface area contributed by atoms with Crippen molar-refractivity contribution in [2.45, 2.75) is 77.4 Å². The first-order valence-electron chi connectivity index (χ1n) is 9.71. The first-order chi connectivity index (χ1) is 12.5. The van der Waals surface area contributed by atoms with Gasteiger partial charge in [0.2, 0.25) is 0 Å². The molecule has 0 radical (unpaired) electrons. The fourth-order valence-corrected chi connectivity index (χ4v) is 3.21. The van der Waals surface area contributed by atoms with E-state index in [-0.39, 0.29) is 12.0 Å². The second kappa shape index (κ2) is 9.59. The summed E-state index contributed by atoms with van der Waals surface area (Å²) >= 11 is 0. The van der Waals surface area contributed by atoms with Gasteiger partial charge in [0.1, 0.15) is 17.4 Å². The summed E-state index contributed by atoms with van der Waals surface area (Å²) in [5.41, 5.74) is 0.145. The van der Waals surface area contributed by atoms with Crippen LogP contribution >= 0.6 is 0 Å². The van der Waals surface area contributed by atoms with Crippen LogP contribution in [0.1, 0.15) is 71.3 Å². The van der Waals surface area contributed by atoms with E-state index in [1.807, 2.05) is 20.8 Å². The molecule has 1 aliphatic rings. The minimum Gasteiger partial charge on any atom is -0.491 e. The van der Waals surface area contributed by atoms with E-state index < -0.39 is 5.60 Å². The molecule has 1 fully saturated rings. The third kappa shape index (κ3) is 4.98. The molecule has 142 valence electrons. The van der Waals surface area contributed by atoms with E-state index in [9.17, 15) is 10.1 Å². The molecule has 1 amide bonds. The lowest BCUT2D eigenvalue weighted by Crippen LogP contribution is -2.47. The molecule has 0 heterocycles. The smallest absolute Gasteiger partial charge is 0.256 e. The van der Waals surface area contributed by atoms with Gasteiger partial charge in [0, 0.05) is 12.7 Å². The van der Waals surface area contributed by atoms with Crippen LogP contribution in [0.4, 0.5) is 5.69 Å². The summed E-state index contributed by atoms with van der Waals surface area (Å²) < 4.78 is 11.8. The van der Waals surface area contributed by atoms with E-state index in [4.69, 9.17) is 9.47 Å². The van der Waals surface area contributed by atoms with Crippen LogP contribution in [-0.4, -0.2) is 24.2 Å². The van der Waals surface area contributed by atoms with Gasteiger partial charge in [-0.25, -0.2) is 0 Å². The van der Waals surface area contributed by atoms with Gasteiger partial charge in [-0.3, -0.25) is 4.79 Å². The second-order valence-corrected chi connectivity index (χ2v) is 7.01. The van der Waals surface area contributed by atoms with Gasteiger partial charge >= 0.3 is 0 Å². The first-order valence-corrected chi connectivity index (χ1v) is 9.71. The van der Waals surface area contributed by atoms with Crippen LogP contribution in [0, 0.1) is 11.3 Å². The molecule has 1 N–H and O–H groups in total. The molecule has 1 aliphatic carbocycles. The Morgan fingerprint density at radius 1 is 1.31 bits per heavy atom. The summed E-state index contributed by atoms with van der Waals surface area (Å²) in [4.78, 5) is 13.0. The molecule has 1 aromatic carbocycles. The molecule has 1 unspecified atom stereocenters. The molecular formula is C21H30N2O3. The maximum Gasteiger partial charge on any atom is 0.256 e. The highest BCUT2D eigenvalue weighted by molar-refractivity contribution is 5.98. The number of hydrogen-bond acceptors (Lipinski definition) is 4. The Kier molecular flexibility index (Phi) is 7.47. The van der Waals surface area contributed by atoms with Crippen LogP contribution in [0.2, 0.25) is 0 Å². The topological polar surface area (TPSA) is 71.3 Å². The molecular weight excluding hydrogens is 328 g/mol. The Hall–Kier alpha value is -2.06. The van der Waals surface area contributed by atoms with Crippen LogP contribution in [0.5, 0.6) is 5.75 Å². The Labute approximate surface area is 156 Å². The molecule has 0 aliphatic heterocycles. The van der Waals surface area contributed by atoms with Gasteiger partial charge in [-0.05, 0) is 44.7 Å². The number of amides is 1. The van der Waals surface area contributed by atoms with Crippen LogP contribution in [0.15, 0.2) is 18.2 Å². The fourth-order valence-electron chi connectivity index (χ4n) is 3.21. The molecule has 5 nitrogen and oxygen atoms in total. The van der Waals surface area contributed by atoms with E-state index >= 15 is 0 Å². The summed E-state index contributed by atoms with van der Waals surface area (Å²) in [5, 5.41) is 12.4. The zero-order valence-corrected chi connectivity index (χ0v) is 16.1. The number of nitrogens with zero attached hydrogens (tertiary/aromatic N) is 1. The zero-order valence-electron chi connectivity index (χ0n) is 16.1. The quantitative estimate of drug-likeness (QED) is 0.724. The minimum atomic E-state index is -0.771. The van der Waals surface area contributed by atoms with E-state index in [0.717, 1.165) is 44.9 Å². The van der Waals surface area contributed by atoms with E-state index in [1.54, 1.807) is 18.2 Å². The van der Waals surface area contributed by atoms with Crippen molar-refractivity contribution >= 4 is 11.6 Å². The Morgan fingerprint density at radius 2 is 2.04 bits per heavy atom. The van der Waals surface area contributed by atoms with Gasteiger partial charge < -0.3 is 14.8 Å². The molecule has 1 atom stereocenters. The highest BCUT2D eigenvalue weighted by Crippen LogP contribution is 2.34. The van der Waals surface area contributed by atoms with Crippen molar-refractivity contribution in [2.24, 2.45) is 0 Å². The van der Waals surface area contributed by atoms with Gasteiger partial charge in [0.05, 0.1) is 17.4 Å². The summed E-state index contributed by atoms with van der Waals surface area (Å²) in [6, 6.07) is 7.37. The molecule has 1 saturated carbocycles. The molecule has 26 heavy (non-hydrogen) atoms. The number of anilines is 1. The van der Waals surface area contributed by atoms with Crippen molar-refractivity contribution in [3.8, 4) is 11.8 Å². The number of ether oxygens (including phenoxy) is 2. The minimum absolute atomic E-state index is 0.0786. The first kappa shape index (κ1) is 20.3. The normalized spacial score (nSPS) is 17.2. The van der Waals surface area contributed by atoms with Gasteiger partial charge in [-0.15, -0.1) is 0 Å². The summed E-state index contributed by atoms with van der Waals surface area (Å²) in [6.45, 7) is 6.64. The molecule has 2 rings (SSSR count). The number of nitriles is 1. The summed E-state index contributed by atoms with van der Waals surface area (Å²) in [7, 11) is 0. The van der Waals surface area contributed by atoms with Gasteiger partial charge in [0.25, 0.3) is 5.91 Å². The standard InChI is InChI=1S/C21H30N2O3/c1-4-13-25-21(11-7-6-8-12-21)20(24)23-19-10-9-18(14-17(19)15-22)26-16(3)5-2/h9-10,14,16H,4-8,11-13H2,1-3H3,(H,23,24). The van der Waals surface area contributed by atoms with Crippen molar-refractivity contribution < 1.29 is 14.3 Å². The van der Waals surface area contributed by atoms with Crippen molar-refractivity contribution in [2.75, 3.05) is 11.9 Å². The van der Waals surface area contributed by atoms with Gasteiger partial charge in [0.15, 0.2) is 0 Å². The third-order valence-corrected chi connectivity index (χ3v) is 4.93. The highest BCUT2D eigenvalue weighted by Gasteiger charge is 2.40. The average molecular weight is 358 g/mol. The highest BCUT2D eigenvalue weighted by atomic mass is 16.5. The number of nitrogens with one attached hydrogen (secondary N) is 1. The average Bonchev–Trinajstić information content (AvgIpc) is 2.67. The molecule has 5 heteroatoms.